The number of likely N-dealkylation sites (N-methyl/N-ethyl adjacent to an activating group) is 1. The van der Waals surface area contributed by atoms with Crippen LogP contribution in [0.2, 0.25) is 0 Å². The number of urea groups is 1. The average Bonchev–Trinajstić information content (AvgIpc) is 3.58. The molecular formula is C30H42N4O2. The Balaban J connectivity index is 1.30. The Morgan fingerprint density at radius 3 is 2.11 bits per heavy atom. The van der Waals surface area contributed by atoms with Gasteiger partial charge in [0, 0.05) is 50.9 Å². The lowest BCUT2D eigenvalue weighted by Gasteiger charge is -2.28. The number of likely N-dealkylation sites (tertiary alicyclic amines) is 2. The number of nitrogens with zero attached hydrogens (tertiary/aromatic N) is 3. The van der Waals surface area contributed by atoms with E-state index in [0.29, 0.717) is 36.7 Å². The molecule has 194 valence electrons. The summed E-state index contributed by atoms with van der Waals surface area (Å²) in [6.45, 7) is 11.7. The lowest BCUT2D eigenvalue weighted by molar-refractivity contribution is 0.0735. The van der Waals surface area contributed by atoms with E-state index >= 15 is 0 Å². The number of nitrogens with one attached hydrogen (secondary N) is 1. The third kappa shape index (κ3) is 5.92. The summed E-state index contributed by atoms with van der Waals surface area (Å²) in [7, 11) is 1.86. The molecule has 2 aromatic carbocycles. The van der Waals surface area contributed by atoms with Crippen molar-refractivity contribution in [2.75, 3.05) is 33.2 Å². The second kappa shape index (κ2) is 11.5. The number of carbonyl (C=O) groups excluding carboxylic acids is 2. The molecule has 2 aliphatic rings. The summed E-state index contributed by atoms with van der Waals surface area (Å²) >= 11 is 0. The van der Waals surface area contributed by atoms with Gasteiger partial charge >= 0.3 is 6.03 Å². The maximum Gasteiger partial charge on any atom is 0.320 e. The Bertz CT molecular complexity index is 1030. The topological polar surface area (TPSA) is 55.9 Å². The van der Waals surface area contributed by atoms with E-state index in [1.807, 2.05) is 46.0 Å². The molecule has 0 spiro atoms. The molecule has 0 radical (unpaired) electrons. The van der Waals surface area contributed by atoms with Crippen LogP contribution < -0.4 is 5.32 Å². The van der Waals surface area contributed by atoms with E-state index in [9.17, 15) is 9.59 Å². The summed E-state index contributed by atoms with van der Waals surface area (Å²) in [6.07, 6.45) is 2.84. The van der Waals surface area contributed by atoms with Crippen molar-refractivity contribution < 1.29 is 9.59 Å². The van der Waals surface area contributed by atoms with Crippen LogP contribution in [0.15, 0.2) is 48.5 Å². The summed E-state index contributed by atoms with van der Waals surface area (Å²) in [6, 6.07) is 17.4. The van der Waals surface area contributed by atoms with Crippen LogP contribution in [-0.2, 0) is 6.42 Å². The van der Waals surface area contributed by atoms with Gasteiger partial charge in [-0.2, -0.15) is 0 Å². The first-order chi connectivity index (χ1) is 17.3. The van der Waals surface area contributed by atoms with Crippen molar-refractivity contribution in [2.24, 2.45) is 5.92 Å². The summed E-state index contributed by atoms with van der Waals surface area (Å²) < 4.78 is 0. The Labute approximate surface area is 216 Å². The monoisotopic (exact) mass is 490 g/mol. The van der Waals surface area contributed by atoms with Crippen LogP contribution in [0.25, 0.3) is 11.1 Å². The van der Waals surface area contributed by atoms with Crippen molar-refractivity contribution in [3.05, 3.63) is 59.7 Å². The maximum atomic E-state index is 13.2. The Hall–Kier alpha value is -2.86. The standard InChI is InChI=1S/C30H42N4O2/c1-6-23-7-9-24(10-8-23)25-11-13-26(14-12-25)29(35)32(5)28-16-18-34(20-28)30(36)33-17-15-27(19-33)31-22(4)21(2)3/h7-14,21-22,27-28,31H,6,15-20H2,1-5H3. The first kappa shape index (κ1) is 26.2. The fourth-order valence-corrected chi connectivity index (χ4v) is 5.17. The molecule has 3 amide bonds. The summed E-state index contributed by atoms with van der Waals surface area (Å²) in [5, 5.41) is 3.67. The zero-order valence-electron chi connectivity index (χ0n) is 22.5. The molecule has 1 N–H and O–H groups in total. The van der Waals surface area contributed by atoms with Crippen LogP contribution in [-0.4, -0.2) is 78.0 Å². The molecule has 2 aliphatic heterocycles. The van der Waals surface area contributed by atoms with Gasteiger partial charge in [-0.25, -0.2) is 4.79 Å². The molecule has 0 saturated carbocycles. The molecule has 2 aromatic rings. The number of hydrogen-bond acceptors (Lipinski definition) is 3. The molecule has 0 bridgehead atoms. The minimum absolute atomic E-state index is 0.00953. The van der Waals surface area contributed by atoms with Gasteiger partial charge in [-0.3, -0.25) is 4.79 Å². The predicted molar refractivity (Wildman–Crippen MR) is 146 cm³/mol. The largest absolute Gasteiger partial charge is 0.337 e. The minimum atomic E-state index is 0.00953. The zero-order valence-corrected chi connectivity index (χ0v) is 22.5. The van der Waals surface area contributed by atoms with E-state index in [-0.39, 0.29) is 18.0 Å². The SMILES string of the molecule is CCc1ccc(-c2ccc(C(=O)N(C)C3CCN(C(=O)N4CCC(NC(C)C(C)C)C4)C3)cc2)cc1. The fourth-order valence-electron chi connectivity index (χ4n) is 5.17. The zero-order chi connectivity index (χ0) is 25.8. The maximum absolute atomic E-state index is 13.2. The third-order valence-corrected chi connectivity index (χ3v) is 8.09. The molecule has 2 fully saturated rings. The lowest BCUT2D eigenvalue weighted by atomic mass is 10.0. The number of carbonyl (C=O) groups is 2. The second-order valence-electron chi connectivity index (χ2n) is 10.8. The van der Waals surface area contributed by atoms with E-state index in [1.165, 1.54) is 5.56 Å². The molecule has 6 heteroatoms. The lowest BCUT2D eigenvalue weighted by Crippen LogP contribution is -2.46. The van der Waals surface area contributed by atoms with Crippen LogP contribution in [0.1, 0.15) is 56.5 Å². The van der Waals surface area contributed by atoms with Gasteiger partial charge in [0.05, 0.1) is 6.04 Å². The number of hydrogen-bond donors (Lipinski definition) is 1. The molecule has 3 atom stereocenters. The molecular weight excluding hydrogens is 448 g/mol. The van der Waals surface area contributed by atoms with Gasteiger partial charge in [-0.15, -0.1) is 0 Å². The first-order valence-electron chi connectivity index (χ1n) is 13.5. The molecule has 0 aliphatic carbocycles. The van der Waals surface area contributed by atoms with Gasteiger partial charge in [-0.05, 0) is 60.9 Å². The van der Waals surface area contributed by atoms with Crippen molar-refractivity contribution in [3.8, 4) is 11.1 Å². The quantitative estimate of drug-likeness (QED) is 0.601. The van der Waals surface area contributed by atoms with Crippen molar-refractivity contribution in [1.82, 2.24) is 20.0 Å². The smallest absolute Gasteiger partial charge is 0.320 e. The van der Waals surface area contributed by atoms with Crippen molar-refractivity contribution in [3.63, 3.8) is 0 Å². The predicted octanol–water partition coefficient (Wildman–Crippen LogP) is 4.89. The third-order valence-electron chi connectivity index (χ3n) is 8.09. The van der Waals surface area contributed by atoms with Crippen LogP contribution in [0.3, 0.4) is 0 Å². The first-order valence-corrected chi connectivity index (χ1v) is 13.5. The van der Waals surface area contributed by atoms with Crippen molar-refractivity contribution in [1.29, 1.82) is 0 Å². The van der Waals surface area contributed by atoms with E-state index in [2.05, 4.69) is 57.3 Å². The molecule has 0 aromatic heterocycles. The van der Waals surface area contributed by atoms with Gasteiger partial charge in [0.15, 0.2) is 0 Å². The summed E-state index contributed by atoms with van der Waals surface area (Å²) in [5.74, 6) is 0.584. The van der Waals surface area contributed by atoms with Crippen LogP contribution in [0.4, 0.5) is 4.79 Å². The van der Waals surface area contributed by atoms with E-state index < -0.39 is 0 Å². The fraction of sp³-hybridized carbons (Fsp3) is 0.533. The van der Waals surface area contributed by atoms with Crippen LogP contribution in [0.5, 0.6) is 0 Å². The Morgan fingerprint density at radius 2 is 1.50 bits per heavy atom. The number of aryl methyl sites for hydroxylation is 1. The minimum Gasteiger partial charge on any atom is -0.337 e. The normalized spacial score (nSPS) is 20.7. The number of benzene rings is 2. The van der Waals surface area contributed by atoms with Gasteiger partial charge in [0.1, 0.15) is 0 Å². The van der Waals surface area contributed by atoms with Gasteiger partial charge in [-0.1, -0.05) is 57.2 Å². The second-order valence-corrected chi connectivity index (χ2v) is 10.8. The number of rotatable bonds is 7. The number of amides is 3. The highest BCUT2D eigenvalue weighted by atomic mass is 16.2. The van der Waals surface area contributed by atoms with E-state index in [4.69, 9.17) is 0 Å². The summed E-state index contributed by atoms with van der Waals surface area (Å²) in [4.78, 5) is 32.1. The molecule has 2 heterocycles. The molecule has 6 nitrogen and oxygen atoms in total. The van der Waals surface area contributed by atoms with Crippen molar-refractivity contribution >= 4 is 11.9 Å². The Kier molecular flexibility index (Phi) is 8.35. The van der Waals surface area contributed by atoms with Crippen LogP contribution in [0, 0.1) is 5.92 Å². The molecule has 4 rings (SSSR count). The van der Waals surface area contributed by atoms with E-state index in [0.717, 1.165) is 43.5 Å². The average molecular weight is 491 g/mol. The highest BCUT2D eigenvalue weighted by molar-refractivity contribution is 5.95. The van der Waals surface area contributed by atoms with Crippen molar-refractivity contribution in [2.45, 2.75) is 65.1 Å². The molecule has 3 unspecified atom stereocenters. The van der Waals surface area contributed by atoms with Crippen LogP contribution >= 0.6 is 0 Å². The van der Waals surface area contributed by atoms with Gasteiger partial charge < -0.3 is 20.0 Å². The molecule has 2 saturated heterocycles. The highest BCUT2D eigenvalue weighted by Crippen LogP contribution is 2.23. The summed E-state index contributed by atoms with van der Waals surface area (Å²) in [5.41, 5.74) is 4.26. The van der Waals surface area contributed by atoms with Gasteiger partial charge in [0.2, 0.25) is 0 Å². The van der Waals surface area contributed by atoms with Gasteiger partial charge in [0.25, 0.3) is 5.91 Å². The van der Waals surface area contributed by atoms with E-state index in [1.54, 1.807) is 0 Å². The molecule has 36 heavy (non-hydrogen) atoms. The Morgan fingerprint density at radius 1 is 0.917 bits per heavy atom. The highest BCUT2D eigenvalue weighted by Gasteiger charge is 2.36.